The van der Waals surface area contributed by atoms with Crippen LogP contribution in [0.25, 0.3) is 0 Å². The molecule has 0 aromatic heterocycles. The quantitative estimate of drug-likeness (QED) is 0.497. The maximum absolute atomic E-state index is 5.52. The third-order valence-electron chi connectivity index (χ3n) is 1.25. The molecule has 2 N–H and O–H groups in total. The van der Waals surface area contributed by atoms with Crippen molar-refractivity contribution in [2.75, 3.05) is 7.11 Å². The van der Waals surface area contributed by atoms with E-state index in [1.54, 1.807) is 19.3 Å². The van der Waals surface area contributed by atoms with Crippen LogP contribution in [0.15, 0.2) is 35.8 Å². The minimum atomic E-state index is 0.614. The molecule has 0 spiro atoms. The van der Waals surface area contributed by atoms with E-state index < -0.39 is 0 Å². The molecule has 0 saturated carbocycles. The molecule has 0 aromatic carbocycles. The summed E-state index contributed by atoms with van der Waals surface area (Å²) < 4.78 is 5.06. The van der Waals surface area contributed by atoms with Crippen LogP contribution in [0.4, 0.5) is 0 Å². The Kier molecular flexibility index (Phi) is 4.11. The van der Waals surface area contributed by atoms with Gasteiger partial charge < -0.3 is 10.5 Å². The van der Waals surface area contributed by atoms with E-state index in [2.05, 4.69) is 6.58 Å². The minimum absolute atomic E-state index is 0.614. The van der Waals surface area contributed by atoms with Crippen LogP contribution in [0.3, 0.4) is 0 Å². The molecule has 0 bridgehead atoms. The maximum atomic E-state index is 5.52. The zero-order valence-electron chi connectivity index (χ0n) is 7.35. The van der Waals surface area contributed by atoms with Gasteiger partial charge in [0.1, 0.15) is 5.76 Å². The van der Waals surface area contributed by atoms with Crippen molar-refractivity contribution in [2.45, 2.75) is 13.8 Å². The smallest absolute Gasteiger partial charge is 0.119 e. The lowest BCUT2D eigenvalue weighted by atomic mass is 10.2. The SMILES string of the molecule is C=C/C(N)=C\C(OC)=C(C)C. The van der Waals surface area contributed by atoms with Crippen LogP contribution >= 0.6 is 0 Å². The molecule has 0 aliphatic rings. The van der Waals surface area contributed by atoms with Gasteiger partial charge in [0.2, 0.25) is 0 Å². The van der Waals surface area contributed by atoms with E-state index in [9.17, 15) is 0 Å². The van der Waals surface area contributed by atoms with Crippen LogP contribution in [0.2, 0.25) is 0 Å². The molecule has 0 rings (SSSR count). The van der Waals surface area contributed by atoms with E-state index in [1.807, 2.05) is 13.8 Å². The topological polar surface area (TPSA) is 35.2 Å². The summed E-state index contributed by atoms with van der Waals surface area (Å²) in [6.45, 7) is 7.46. The number of methoxy groups -OCH3 is 1. The van der Waals surface area contributed by atoms with Crippen LogP contribution < -0.4 is 5.73 Å². The summed E-state index contributed by atoms with van der Waals surface area (Å²) in [5.74, 6) is 0.794. The fraction of sp³-hybridized carbons (Fsp3) is 0.333. The lowest BCUT2D eigenvalue weighted by molar-refractivity contribution is 0.302. The van der Waals surface area contributed by atoms with Gasteiger partial charge in [-0.15, -0.1) is 0 Å². The van der Waals surface area contributed by atoms with Gasteiger partial charge in [0.25, 0.3) is 0 Å². The molecule has 0 saturated heterocycles. The average Bonchev–Trinajstić information content (AvgIpc) is 1.99. The maximum Gasteiger partial charge on any atom is 0.119 e. The van der Waals surface area contributed by atoms with Gasteiger partial charge in [-0.3, -0.25) is 0 Å². The van der Waals surface area contributed by atoms with E-state index in [0.29, 0.717) is 5.70 Å². The van der Waals surface area contributed by atoms with Crippen molar-refractivity contribution in [3.63, 3.8) is 0 Å². The number of nitrogens with two attached hydrogens (primary N) is 1. The molecule has 0 aliphatic heterocycles. The first-order valence-electron chi connectivity index (χ1n) is 3.43. The standard InChI is InChI=1S/C9H15NO/c1-5-8(10)6-9(11-4)7(2)3/h5-6H,1,10H2,2-4H3/b8-6+. The van der Waals surface area contributed by atoms with Crippen LogP contribution in [0.1, 0.15) is 13.8 Å². The number of ether oxygens (including phenoxy) is 1. The highest BCUT2D eigenvalue weighted by molar-refractivity contribution is 5.25. The summed E-state index contributed by atoms with van der Waals surface area (Å²) in [6.07, 6.45) is 3.34. The van der Waals surface area contributed by atoms with Crippen molar-refractivity contribution < 1.29 is 4.74 Å². The number of hydrogen-bond donors (Lipinski definition) is 1. The Labute approximate surface area is 68.0 Å². The average molecular weight is 153 g/mol. The Balaban J connectivity index is 4.57. The van der Waals surface area contributed by atoms with Gasteiger partial charge in [-0.2, -0.15) is 0 Å². The molecule has 11 heavy (non-hydrogen) atoms. The van der Waals surface area contributed by atoms with Crippen molar-refractivity contribution in [3.05, 3.63) is 35.8 Å². The highest BCUT2D eigenvalue weighted by atomic mass is 16.5. The molecule has 0 amide bonds. The number of hydrogen-bond acceptors (Lipinski definition) is 2. The Morgan fingerprint density at radius 1 is 1.45 bits per heavy atom. The number of allylic oxidation sites excluding steroid dienone is 3. The summed E-state index contributed by atoms with van der Waals surface area (Å²) in [7, 11) is 1.62. The highest BCUT2D eigenvalue weighted by Crippen LogP contribution is 2.06. The monoisotopic (exact) mass is 153 g/mol. The molecular weight excluding hydrogens is 138 g/mol. The Morgan fingerprint density at radius 2 is 2.00 bits per heavy atom. The molecular formula is C9H15NO. The summed E-state index contributed by atoms with van der Waals surface area (Å²) >= 11 is 0. The summed E-state index contributed by atoms with van der Waals surface area (Å²) in [4.78, 5) is 0. The summed E-state index contributed by atoms with van der Waals surface area (Å²) in [5.41, 5.74) is 7.22. The molecule has 0 atom stereocenters. The van der Waals surface area contributed by atoms with Crippen LogP contribution in [0, 0.1) is 0 Å². The third-order valence-corrected chi connectivity index (χ3v) is 1.25. The van der Waals surface area contributed by atoms with Gasteiger partial charge in [-0.25, -0.2) is 0 Å². The fourth-order valence-corrected chi connectivity index (χ4v) is 0.618. The number of rotatable bonds is 3. The first-order chi connectivity index (χ1) is 5.11. The van der Waals surface area contributed by atoms with Crippen LogP contribution in [-0.2, 0) is 4.74 Å². The van der Waals surface area contributed by atoms with E-state index >= 15 is 0 Å². The molecule has 0 fully saturated rings. The predicted octanol–water partition coefficient (Wildman–Crippen LogP) is 1.96. The Hall–Kier alpha value is -1.18. The molecule has 0 heterocycles. The molecule has 2 nitrogen and oxygen atoms in total. The van der Waals surface area contributed by atoms with Crippen molar-refractivity contribution in [1.82, 2.24) is 0 Å². The normalized spacial score (nSPS) is 10.6. The van der Waals surface area contributed by atoms with E-state index in [4.69, 9.17) is 10.5 Å². The molecule has 0 unspecified atom stereocenters. The van der Waals surface area contributed by atoms with E-state index in [0.717, 1.165) is 11.3 Å². The molecule has 2 heteroatoms. The van der Waals surface area contributed by atoms with E-state index in [1.165, 1.54) is 0 Å². The van der Waals surface area contributed by atoms with Crippen molar-refractivity contribution in [2.24, 2.45) is 5.73 Å². The second-order valence-corrected chi connectivity index (χ2v) is 2.42. The lowest BCUT2D eigenvalue weighted by Crippen LogP contribution is -1.95. The van der Waals surface area contributed by atoms with Crippen molar-refractivity contribution in [3.8, 4) is 0 Å². The third kappa shape index (κ3) is 3.50. The lowest BCUT2D eigenvalue weighted by Gasteiger charge is -2.03. The van der Waals surface area contributed by atoms with Gasteiger partial charge in [-0.1, -0.05) is 6.58 Å². The zero-order valence-corrected chi connectivity index (χ0v) is 7.35. The minimum Gasteiger partial charge on any atom is -0.497 e. The van der Waals surface area contributed by atoms with Crippen molar-refractivity contribution >= 4 is 0 Å². The van der Waals surface area contributed by atoms with Crippen LogP contribution in [-0.4, -0.2) is 7.11 Å². The zero-order chi connectivity index (χ0) is 8.85. The van der Waals surface area contributed by atoms with Gasteiger partial charge in [0.15, 0.2) is 0 Å². The van der Waals surface area contributed by atoms with Gasteiger partial charge >= 0.3 is 0 Å². The van der Waals surface area contributed by atoms with Gasteiger partial charge in [0.05, 0.1) is 7.11 Å². The summed E-state index contributed by atoms with van der Waals surface area (Å²) in [5, 5.41) is 0. The molecule has 62 valence electrons. The van der Waals surface area contributed by atoms with Crippen LogP contribution in [0.5, 0.6) is 0 Å². The molecule has 0 aliphatic carbocycles. The Morgan fingerprint density at radius 3 is 2.27 bits per heavy atom. The highest BCUT2D eigenvalue weighted by Gasteiger charge is 1.93. The first kappa shape index (κ1) is 9.82. The van der Waals surface area contributed by atoms with Gasteiger partial charge in [0, 0.05) is 11.8 Å². The Bertz CT molecular complexity index is 198. The predicted molar refractivity (Wildman–Crippen MR) is 47.9 cm³/mol. The van der Waals surface area contributed by atoms with Crippen molar-refractivity contribution in [1.29, 1.82) is 0 Å². The molecule has 0 radical (unpaired) electrons. The second-order valence-electron chi connectivity index (χ2n) is 2.42. The largest absolute Gasteiger partial charge is 0.497 e. The first-order valence-corrected chi connectivity index (χ1v) is 3.43. The summed E-state index contributed by atoms with van der Waals surface area (Å²) in [6, 6.07) is 0. The second kappa shape index (κ2) is 4.61. The van der Waals surface area contributed by atoms with Gasteiger partial charge in [-0.05, 0) is 25.5 Å². The van der Waals surface area contributed by atoms with E-state index in [-0.39, 0.29) is 0 Å². The molecule has 0 aromatic rings. The fourth-order valence-electron chi connectivity index (χ4n) is 0.618.